The van der Waals surface area contributed by atoms with E-state index in [0.29, 0.717) is 21.5 Å². The van der Waals surface area contributed by atoms with Gasteiger partial charge in [0, 0.05) is 29.6 Å². The number of anilines is 1. The van der Waals surface area contributed by atoms with Crippen molar-refractivity contribution in [3.05, 3.63) is 61.8 Å². The Labute approximate surface area is 232 Å². The minimum absolute atomic E-state index is 0.0269. The Balaban J connectivity index is 1.44. The number of nitro benzene ring substituents is 1. The molecule has 0 aliphatic heterocycles. The van der Waals surface area contributed by atoms with E-state index in [1.54, 1.807) is 11.6 Å². The van der Waals surface area contributed by atoms with Crippen molar-refractivity contribution >= 4 is 51.5 Å². The maximum absolute atomic E-state index is 12.9. The van der Waals surface area contributed by atoms with Gasteiger partial charge in [0.1, 0.15) is 5.00 Å². The van der Waals surface area contributed by atoms with Crippen LogP contribution in [0.3, 0.4) is 0 Å². The van der Waals surface area contributed by atoms with Crippen LogP contribution in [-0.2, 0) is 24.7 Å². The van der Waals surface area contributed by atoms with E-state index < -0.39 is 22.8 Å². The maximum atomic E-state index is 12.9. The van der Waals surface area contributed by atoms with E-state index in [1.807, 2.05) is 13.8 Å². The number of non-ortho nitro benzene ring substituents is 1. The van der Waals surface area contributed by atoms with Crippen LogP contribution in [0.4, 0.5) is 10.7 Å². The average molecular weight is 572 g/mol. The molecule has 3 amide bonds. The average Bonchev–Trinajstić information content (AvgIpc) is 3.45. The van der Waals surface area contributed by atoms with Crippen molar-refractivity contribution in [1.82, 2.24) is 20.1 Å². The molecule has 3 aromatic rings. The summed E-state index contributed by atoms with van der Waals surface area (Å²) < 4.78 is 1.70. The molecule has 4 N–H and O–H groups in total. The first-order chi connectivity index (χ1) is 18.6. The molecule has 39 heavy (non-hydrogen) atoms. The molecule has 0 saturated heterocycles. The number of amides is 3. The Morgan fingerprint density at radius 3 is 2.67 bits per heavy atom. The van der Waals surface area contributed by atoms with Crippen molar-refractivity contribution in [2.24, 2.45) is 18.7 Å². The van der Waals surface area contributed by atoms with Crippen LogP contribution in [0.1, 0.15) is 69.7 Å². The zero-order chi connectivity index (χ0) is 28.3. The van der Waals surface area contributed by atoms with Gasteiger partial charge in [-0.05, 0) is 43.2 Å². The van der Waals surface area contributed by atoms with Gasteiger partial charge in [-0.25, -0.2) is 0 Å². The standard InChI is InChI=1S/C25H29N7O5S2/c1-13(2)20(28-23(35)14-7-6-8-15(11-14)32(36)37)22-29-30-25(31(22)3)38-12-18(33)27-24-19(21(26)34)16-9-4-5-10-17(16)39-24/h6-8,11,13,20H,4-5,9-10,12H2,1-3H3,(H2,26,34)(H,27,33)(H,28,35)/t20-/m0/s1. The van der Waals surface area contributed by atoms with Crippen LogP contribution in [0.15, 0.2) is 29.4 Å². The van der Waals surface area contributed by atoms with Gasteiger partial charge in [0.2, 0.25) is 5.91 Å². The van der Waals surface area contributed by atoms with E-state index in [9.17, 15) is 24.5 Å². The van der Waals surface area contributed by atoms with Gasteiger partial charge in [-0.3, -0.25) is 24.5 Å². The number of aryl methyl sites for hydroxylation is 1. The third kappa shape index (κ3) is 6.28. The zero-order valence-corrected chi connectivity index (χ0v) is 23.4. The second kappa shape index (κ2) is 11.9. The van der Waals surface area contributed by atoms with Crippen LogP contribution in [0.5, 0.6) is 0 Å². The SMILES string of the molecule is CC(C)[C@H](NC(=O)c1cccc([N+](=O)[O-])c1)c1nnc(SCC(=O)Nc2sc3c(c2C(N)=O)CCCC3)n1C. The van der Waals surface area contributed by atoms with Crippen molar-refractivity contribution in [2.75, 3.05) is 11.1 Å². The monoisotopic (exact) mass is 571 g/mol. The van der Waals surface area contributed by atoms with Gasteiger partial charge in [-0.1, -0.05) is 31.7 Å². The molecule has 206 valence electrons. The first kappa shape index (κ1) is 28.2. The van der Waals surface area contributed by atoms with E-state index in [1.165, 1.54) is 47.4 Å². The number of nitro groups is 1. The van der Waals surface area contributed by atoms with Gasteiger partial charge in [0.15, 0.2) is 11.0 Å². The molecule has 14 heteroatoms. The summed E-state index contributed by atoms with van der Waals surface area (Å²) in [7, 11) is 1.74. The number of hydrogen-bond acceptors (Lipinski definition) is 9. The second-order valence-electron chi connectivity index (χ2n) is 9.52. The minimum Gasteiger partial charge on any atom is -0.365 e. The maximum Gasteiger partial charge on any atom is 0.270 e. The summed E-state index contributed by atoms with van der Waals surface area (Å²) in [6.45, 7) is 3.81. The number of primary amides is 1. The summed E-state index contributed by atoms with van der Waals surface area (Å²) in [6, 6.07) is 4.96. The molecule has 0 saturated carbocycles. The number of thioether (sulfide) groups is 1. The van der Waals surface area contributed by atoms with Crippen LogP contribution in [0.25, 0.3) is 0 Å². The number of aromatic nitrogens is 3. The Hall–Kier alpha value is -3.78. The fourth-order valence-corrected chi connectivity index (χ4v) is 6.47. The molecule has 1 aliphatic rings. The van der Waals surface area contributed by atoms with Gasteiger partial charge in [0.05, 0.1) is 22.3 Å². The van der Waals surface area contributed by atoms with Crippen LogP contribution in [0, 0.1) is 16.0 Å². The predicted molar refractivity (Wildman–Crippen MR) is 148 cm³/mol. The molecule has 0 bridgehead atoms. The predicted octanol–water partition coefficient (Wildman–Crippen LogP) is 3.62. The molecular formula is C25H29N7O5S2. The van der Waals surface area contributed by atoms with Gasteiger partial charge >= 0.3 is 0 Å². The Morgan fingerprint density at radius 1 is 1.23 bits per heavy atom. The number of nitrogens with two attached hydrogens (primary N) is 1. The molecule has 0 unspecified atom stereocenters. The molecule has 0 radical (unpaired) electrons. The fraction of sp³-hybridized carbons (Fsp3) is 0.400. The molecule has 4 rings (SSSR count). The van der Waals surface area contributed by atoms with Gasteiger partial charge in [-0.15, -0.1) is 21.5 Å². The molecule has 0 spiro atoms. The highest BCUT2D eigenvalue weighted by atomic mass is 32.2. The van der Waals surface area contributed by atoms with E-state index >= 15 is 0 Å². The largest absolute Gasteiger partial charge is 0.365 e. The van der Waals surface area contributed by atoms with Gasteiger partial charge in [0.25, 0.3) is 17.5 Å². The highest BCUT2D eigenvalue weighted by Crippen LogP contribution is 2.38. The Bertz CT molecular complexity index is 1430. The second-order valence-corrected chi connectivity index (χ2v) is 11.6. The summed E-state index contributed by atoms with van der Waals surface area (Å²) in [5.41, 5.74) is 6.97. The van der Waals surface area contributed by atoms with Crippen molar-refractivity contribution in [3.8, 4) is 0 Å². The molecule has 1 aromatic carbocycles. The number of nitrogens with zero attached hydrogens (tertiary/aromatic N) is 4. The van der Waals surface area contributed by atoms with Crippen LogP contribution >= 0.6 is 23.1 Å². The first-order valence-electron chi connectivity index (χ1n) is 12.4. The number of thiophene rings is 1. The molecule has 1 atom stereocenters. The Kier molecular flexibility index (Phi) is 8.65. The molecule has 2 heterocycles. The summed E-state index contributed by atoms with van der Waals surface area (Å²) in [5, 5.41) is 26.2. The molecule has 1 aliphatic carbocycles. The number of hydrogen-bond donors (Lipinski definition) is 3. The number of carbonyl (C=O) groups excluding carboxylic acids is 3. The molecule has 0 fully saturated rings. The quantitative estimate of drug-likeness (QED) is 0.188. The van der Waals surface area contributed by atoms with Crippen molar-refractivity contribution in [3.63, 3.8) is 0 Å². The number of fused-ring (bicyclic) bond motifs is 1. The first-order valence-corrected chi connectivity index (χ1v) is 14.2. The van der Waals surface area contributed by atoms with E-state index in [-0.39, 0.29) is 28.8 Å². The summed E-state index contributed by atoms with van der Waals surface area (Å²) >= 11 is 2.58. The lowest BCUT2D eigenvalue weighted by atomic mass is 9.95. The van der Waals surface area contributed by atoms with E-state index in [0.717, 1.165) is 36.1 Å². The number of carbonyl (C=O) groups is 3. The number of benzene rings is 1. The van der Waals surface area contributed by atoms with Crippen LogP contribution < -0.4 is 16.4 Å². The molecular weight excluding hydrogens is 542 g/mol. The van der Waals surface area contributed by atoms with Crippen LogP contribution in [-0.4, -0.2) is 43.2 Å². The Morgan fingerprint density at radius 2 is 1.97 bits per heavy atom. The van der Waals surface area contributed by atoms with Crippen molar-refractivity contribution in [1.29, 1.82) is 0 Å². The number of nitrogens with one attached hydrogen (secondary N) is 2. The highest BCUT2D eigenvalue weighted by Gasteiger charge is 2.27. The number of rotatable bonds is 10. The lowest BCUT2D eigenvalue weighted by Gasteiger charge is -2.21. The third-order valence-corrected chi connectivity index (χ3v) is 8.65. The summed E-state index contributed by atoms with van der Waals surface area (Å²) in [6.07, 6.45) is 3.70. The van der Waals surface area contributed by atoms with E-state index in [4.69, 9.17) is 5.73 Å². The highest BCUT2D eigenvalue weighted by molar-refractivity contribution is 7.99. The van der Waals surface area contributed by atoms with Crippen molar-refractivity contribution < 1.29 is 19.3 Å². The minimum atomic E-state index is -0.555. The summed E-state index contributed by atoms with van der Waals surface area (Å²) in [5.74, 6) is -0.883. The topological polar surface area (TPSA) is 175 Å². The lowest BCUT2D eigenvalue weighted by molar-refractivity contribution is -0.384. The van der Waals surface area contributed by atoms with Crippen LogP contribution in [0.2, 0.25) is 0 Å². The molecule has 12 nitrogen and oxygen atoms in total. The lowest BCUT2D eigenvalue weighted by Crippen LogP contribution is -2.33. The van der Waals surface area contributed by atoms with Gasteiger partial charge < -0.3 is 20.9 Å². The fourth-order valence-electron chi connectivity index (χ4n) is 4.44. The smallest absolute Gasteiger partial charge is 0.270 e. The summed E-state index contributed by atoms with van der Waals surface area (Å²) in [4.78, 5) is 49.4. The normalized spacial score (nSPS) is 13.5. The van der Waals surface area contributed by atoms with Crippen molar-refractivity contribution in [2.45, 2.75) is 50.7 Å². The van der Waals surface area contributed by atoms with Gasteiger partial charge in [-0.2, -0.15) is 0 Å². The third-order valence-electron chi connectivity index (χ3n) is 6.42. The molecule has 2 aromatic heterocycles. The van der Waals surface area contributed by atoms with E-state index in [2.05, 4.69) is 20.8 Å². The zero-order valence-electron chi connectivity index (χ0n) is 21.7.